The third-order valence-corrected chi connectivity index (χ3v) is 4.54. The highest BCUT2D eigenvalue weighted by Crippen LogP contribution is 2.41. The van der Waals surface area contributed by atoms with Crippen LogP contribution in [0.1, 0.15) is 61.4 Å². The fourth-order valence-corrected chi connectivity index (χ4v) is 3.08. The molecule has 1 amide bonds. The molecule has 0 saturated heterocycles. The number of anilines is 1. The van der Waals surface area contributed by atoms with Gasteiger partial charge in [-0.15, -0.1) is 0 Å². The number of aromatic nitrogens is 5. The van der Waals surface area contributed by atoms with Crippen LogP contribution < -0.4 is 5.32 Å². The lowest BCUT2D eigenvalue weighted by Gasteiger charge is -2.22. The third kappa shape index (κ3) is 3.92. The lowest BCUT2D eigenvalue weighted by Crippen LogP contribution is -2.25. The second-order valence-electron chi connectivity index (χ2n) is 8.01. The molecule has 7 heteroatoms. The van der Waals surface area contributed by atoms with E-state index in [0.29, 0.717) is 23.8 Å². The average Bonchev–Trinajstić information content (AvgIpc) is 3.20. The van der Waals surface area contributed by atoms with Gasteiger partial charge < -0.3 is 5.32 Å². The van der Waals surface area contributed by atoms with E-state index in [1.165, 1.54) is 12.8 Å². The highest BCUT2D eigenvalue weighted by atomic mass is 16.2. The van der Waals surface area contributed by atoms with Gasteiger partial charge in [-0.05, 0) is 51.8 Å². The molecule has 1 N–H and O–H groups in total. The minimum atomic E-state index is -0.211. The van der Waals surface area contributed by atoms with Crippen molar-refractivity contribution in [1.29, 1.82) is 0 Å². The fourth-order valence-electron chi connectivity index (χ4n) is 3.08. The van der Waals surface area contributed by atoms with Crippen LogP contribution in [0.5, 0.6) is 0 Å². The van der Waals surface area contributed by atoms with Crippen molar-refractivity contribution >= 4 is 11.6 Å². The highest BCUT2D eigenvalue weighted by molar-refractivity contribution is 6.02. The first-order valence-corrected chi connectivity index (χ1v) is 9.24. The van der Waals surface area contributed by atoms with E-state index in [4.69, 9.17) is 0 Å². The number of hydrogen-bond donors (Lipinski definition) is 1. The van der Waals surface area contributed by atoms with Gasteiger partial charge >= 0.3 is 0 Å². The second-order valence-corrected chi connectivity index (χ2v) is 8.01. The van der Waals surface area contributed by atoms with Crippen LogP contribution in [0.25, 0.3) is 0 Å². The summed E-state index contributed by atoms with van der Waals surface area (Å²) in [6, 6.07) is 7.69. The molecule has 0 unspecified atom stereocenters. The van der Waals surface area contributed by atoms with Crippen molar-refractivity contribution in [2.45, 2.75) is 51.6 Å². The predicted octanol–water partition coefficient (Wildman–Crippen LogP) is 3.41. The molecule has 0 aliphatic heterocycles. The minimum absolute atomic E-state index is 0.149. The number of nitrogens with one attached hydrogen (secondary N) is 1. The zero-order valence-electron chi connectivity index (χ0n) is 15.9. The van der Waals surface area contributed by atoms with Gasteiger partial charge in [-0.25, -0.2) is 0 Å². The number of rotatable bonds is 5. The lowest BCUT2D eigenvalue weighted by molar-refractivity contribution is 0.102. The van der Waals surface area contributed by atoms with Crippen LogP contribution in [0, 0.1) is 0 Å². The Hall–Kier alpha value is -2.96. The van der Waals surface area contributed by atoms with Crippen LogP contribution in [0.3, 0.4) is 0 Å². The summed E-state index contributed by atoms with van der Waals surface area (Å²) in [6.45, 7) is 6.88. The van der Waals surface area contributed by atoms with Crippen molar-refractivity contribution in [2.24, 2.45) is 0 Å². The Labute approximate surface area is 158 Å². The highest BCUT2D eigenvalue weighted by Gasteiger charge is 2.32. The Morgan fingerprint density at radius 3 is 2.78 bits per heavy atom. The van der Waals surface area contributed by atoms with E-state index in [1.54, 1.807) is 23.3 Å². The normalized spacial score (nSPS) is 14.3. The van der Waals surface area contributed by atoms with Gasteiger partial charge in [0.05, 0.1) is 29.7 Å². The standard InChI is InChI=1S/C20H24N6O/c1-20(2,3)26-18(14-7-8-14)10-17(24-26)19(27)23-16-11-22-25(13-16)12-15-6-4-5-9-21-15/h4-6,9-11,13-14H,7-8,12H2,1-3H3,(H,23,27). The van der Waals surface area contributed by atoms with Crippen LogP contribution in [0.4, 0.5) is 5.69 Å². The van der Waals surface area contributed by atoms with Gasteiger partial charge in [-0.2, -0.15) is 10.2 Å². The van der Waals surface area contributed by atoms with Crippen LogP contribution in [-0.4, -0.2) is 30.5 Å². The molecule has 0 bridgehead atoms. The van der Waals surface area contributed by atoms with Crippen molar-refractivity contribution in [3.05, 3.63) is 59.9 Å². The van der Waals surface area contributed by atoms with E-state index < -0.39 is 0 Å². The summed E-state index contributed by atoms with van der Waals surface area (Å²) in [4.78, 5) is 17.0. The van der Waals surface area contributed by atoms with Crippen molar-refractivity contribution in [2.75, 3.05) is 5.32 Å². The number of nitrogens with zero attached hydrogens (tertiary/aromatic N) is 5. The fraction of sp³-hybridized carbons (Fsp3) is 0.400. The van der Waals surface area contributed by atoms with E-state index in [0.717, 1.165) is 11.4 Å². The van der Waals surface area contributed by atoms with E-state index in [9.17, 15) is 4.79 Å². The minimum Gasteiger partial charge on any atom is -0.318 e. The lowest BCUT2D eigenvalue weighted by atomic mass is 10.1. The summed E-state index contributed by atoms with van der Waals surface area (Å²) in [7, 11) is 0. The summed E-state index contributed by atoms with van der Waals surface area (Å²) in [6.07, 6.45) is 7.54. The molecular weight excluding hydrogens is 340 g/mol. The summed E-state index contributed by atoms with van der Waals surface area (Å²) < 4.78 is 3.74. The van der Waals surface area contributed by atoms with E-state index >= 15 is 0 Å². The molecule has 140 valence electrons. The first kappa shape index (κ1) is 17.5. The summed E-state index contributed by atoms with van der Waals surface area (Å²) >= 11 is 0. The zero-order valence-corrected chi connectivity index (χ0v) is 15.9. The summed E-state index contributed by atoms with van der Waals surface area (Å²) in [5, 5.41) is 11.8. The van der Waals surface area contributed by atoms with Crippen LogP contribution in [0.2, 0.25) is 0 Å². The monoisotopic (exact) mass is 364 g/mol. The first-order chi connectivity index (χ1) is 12.9. The molecule has 3 aromatic heterocycles. The number of hydrogen-bond acceptors (Lipinski definition) is 4. The van der Waals surface area contributed by atoms with Gasteiger partial charge in [0.2, 0.25) is 0 Å². The number of pyridine rings is 1. The topological polar surface area (TPSA) is 77.6 Å². The van der Waals surface area contributed by atoms with Crippen LogP contribution in [0.15, 0.2) is 42.9 Å². The average molecular weight is 364 g/mol. The van der Waals surface area contributed by atoms with E-state index in [-0.39, 0.29) is 11.4 Å². The molecule has 0 spiro atoms. The summed E-state index contributed by atoms with van der Waals surface area (Å²) in [5.74, 6) is 0.316. The molecule has 3 heterocycles. The molecule has 1 fully saturated rings. The Bertz CT molecular complexity index is 947. The smallest absolute Gasteiger partial charge is 0.276 e. The molecule has 0 atom stereocenters. The van der Waals surface area contributed by atoms with Gasteiger partial charge in [0, 0.05) is 24.0 Å². The quantitative estimate of drug-likeness (QED) is 0.753. The maximum Gasteiger partial charge on any atom is 0.276 e. The van der Waals surface area contributed by atoms with Crippen molar-refractivity contribution in [3.8, 4) is 0 Å². The van der Waals surface area contributed by atoms with Crippen molar-refractivity contribution in [1.82, 2.24) is 24.5 Å². The molecule has 1 aliphatic carbocycles. The Morgan fingerprint density at radius 2 is 2.11 bits per heavy atom. The molecule has 0 radical (unpaired) electrons. The molecule has 4 rings (SSSR count). The van der Waals surface area contributed by atoms with Gasteiger partial charge in [0.1, 0.15) is 0 Å². The molecule has 1 saturated carbocycles. The summed E-state index contributed by atoms with van der Waals surface area (Å²) in [5.41, 5.74) is 3.01. The largest absolute Gasteiger partial charge is 0.318 e. The maximum absolute atomic E-state index is 12.7. The molecule has 7 nitrogen and oxygen atoms in total. The Balaban J connectivity index is 1.48. The number of amides is 1. The molecular formula is C20H24N6O. The predicted molar refractivity (Wildman–Crippen MR) is 103 cm³/mol. The molecule has 3 aromatic rings. The van der Waals surface area contributed by atoms with Gasteiger partial charge in [-0.1, -0.05) is 6.07 Å². The number of carbonyl (C=O) groups excluding carboxylic acids is 1. The molecule has 0 aromatic carbocycles. The van der Waals surface area contributed by atoms with Gasteiger partial charge in [0.25, 0.3) is 5.91 Å². The van der Waals surface area contributed by atoms with E-state index in [1.807, 2.05) is 28.9 Å². The third-order valence-electron chi connectivity index (χ3n) is 4.54. The van der Waals surface area contributed by atoms with Gasteiger partial charge in [0.15, 0.2) is 5.69 Å². The zero-order chi connectivity index (χ0) is 19.0. The van der Waals surface area contributed by atoms with Crippen LogP contribution >= 0.6 is 0 Å². The van der Waals surface area contributed by atoms with Crippen LogP contribution in [-0.2, 0) is 12.1 Å². The van der Waals surface area contributed by atoms with E-state index in [2.05, 4.69) is 41.3 Å². The number of carbonyl (C=O) groups is 1. The van der Waals surface area contributed by atoms with Crippen molar-refractivity contribution < 1.29 is 4.79 Å². The Morgan fingerprint density at radius 1 is 1.30 bits per heavy atom. The molecule has 27 heavy (non-hydrogen) atoms. The Kier molecular flexibility index (Phi) is 4.30. The first-order valence-electron chi connectivity index (χ1n) is 9.24. The molecule has 1 aliphatic rings. The van der Waals surface area contributed by atoms with Gasteiger partial charge in [-0.3, -0.25) is 19.1 Å². The van der Waals surface area contributed by atoms with Crippen molar-refractivity contribution in [3.63, 3.8) is 0 Å². The maximum atomic E-state index is 12.7. The SMILES string of the molecule is CC(C)(C)n1nc(C(=O)Nc2cnn(Cc3ccccn3)c2)cc1C1CC1. The second kappa shape index (κ2) is 6.64.